The first-order chi connectivity index (χ1) is 16.9. The fraction of sp³-hybridized carbons (Fsp3) is 0.520. The summed E-state index contributed by atoms with van der Waals surface area (Å²) in [6.45, 7) is 1.55. The lowest BCUT2D eigenvalue weighted by molar-refractivity contribution is -0.00640. The van der Waals surface area contributed by atoms with Crippen LogP contribution in [0.1, 0.15) is 42.5 Å². The Labute approximate surface area is 202 Å². The van der Waals surface area contributed by atoms with Crippen LogP contribution in [-0.2, 0) is 25.4 Å². The zero-order chi connectivity index (χ0) is 24.7. The number of fused-ring (bicyclic) bond motifs is 3. The van der Waals surface area contributed by atoms with Gasteiger partial charge in [-0.25, -0.2) is 14.6 Å². The van der Waals surface area contributed by atoms with Gasteiger partial charge in [0.15, 0.2) is 11.2 Å². The number of hydrogen-bond acceptors (Lipinski definition) is 7. The number of aromatic nitrogens is 4. The summed E-state index contributed by atoms with van der Waals surface area (Å²) in [6.07, 6.45) is 6.34. The van der Waals surface area contributed by atoms with E-state index < -0.39 is 0 Å². The molecule has 5 rings (SSSR count). The molecule has 0 amide bonds. The van der Waals surface area contributed by atoms with Crippen LogP contribution in [0.2, 0.25) is 0 Å². The van der Waals surface area contributed by atoms with E-state index in [0.717, 1.165) is 43.2 Å². The number of hydrogen-bond donors (Lipinski definition) is 0. The Morgan fingerprint density at radius 1 is 1.03 bits per heavy atom. The second-order valence-corrected chi connectivity index (χ2v) is 9.52. The van der Waals surface area contributed by atoms with Crippen molar-refractivity contribution in [2.75, 3.05) is 13.7 Å². The second-order valence-electron chi connectivity index (χ2n) is 9.52. The normalized spacial score (nSPS) is 22.0. The van der Waals surface area contributed by atoms with Crippen LogP contribution in [0, 0.1) is 0 Å². The minimum absolute atomic E-state index is 0.0692. The maximum absolute atomic E-state index is 12.7. The molecule has 1 aromatic carbocycles. The SMILES string of the molecule is COc1ccc(C(=O)OC2CC3CCC(C2)N3CCCn2cnc3c2c(=O)n(C)c(=O)n3C)cc1. The molecule has 2 aromatic heterocycles. The van der Waals surface area contributed by atoms with E-state index in [1.165, 1.54) is 11.6 Å². The van der Waals surface area contributed by atoms with E-state index in [4.69, 9.17) is 9.47 Å². The van der Waals surface area contributed by atoms with Crippen LogP contribution in [0.15, 0.2) is 40.2 Å². The summed E-state index contributed by atoms with van der Waals surface area (Å²) in [4.78, 5) is 44.2. The molecule has 2 bridgehead atoms. The average molecular weight is 482 g/mol. The molecule has 2 aliphatic rings. The van der Waals surface area contributed by atoms with Crippen molar-refractivity contribution in [3.8, 4) is 5.75 Å². The van der Waals surface area contributed by atoms with Crippen molar-refractivity contribution < 1.29 is 14.3 Å². The zero-order valence-electron chi connectivity index (χ0n) is 20.3. The van der Waals surface area contributed by atoms with Crippen molar-refractivity contribution in [1.82, 2.24) is 23.6 Å². The van der Waals surface area contributed by atoms with E-state index in [1.807, 2.05) is 4.57 Å². The lowest BCUT2D eigenvalue weighted by Gasteiger charge is -2.38. The molecule has 0 radical (unpaired) electrons. The Morgan fingerprint density at radius 2 is 1.71 bits per heavy atom. The largest absolute Gasteiger partial charge is 0.497 e. The molecule has 4 heterocycles. The van der Waals surface area contributed by atoms with Crippen molar-refractivity contribution in [2.45, 2.75) is 56.8 Å². The van der Waals surface area contributed by atoms with Gasteiger partial charge < -0.3 is 14.0 Å². The summed E-state index contributed by atoms with van der Waals surface area (Å²) in [5, 5.41) is 0. The number of methoxy groups -OCH3 is 1. The highest BCUT2D eigenvalue weighted by Gasteiger charge is 2.41. The van der Waals surface area contributed by atoms with Crippen molar-refractivity contribution in [2.24, 2.45) is 14.1 Å². The molecule has 35 heavy (non-hydrogen) atoms. The Hall–Kier alpha value is -3.40. The third-order valence-corrected chi connectivity index (χ3v) is 7.47. The van der Waals surface area contributed by atoms with Gasteiger partial charge in [0.25, 0.3) is 5.56 Å². The Bertz CT molecular complexity index is 1340. The van der Waals surface area contributed by atoms with Crippen LogP contribution in [-0.4, -0.2) is 61.4 Å². The number of imidazole rings is 1. The molecule has 2 aliphatic heterocycles. The summed E-state index contributed by atoms with van der Waals surface area (Å²) in [6, 6.07) is 7.79. The molecular formula is C25H31N5O5. The minimum Gasteiger partial charge on any atom is -0.497 e. The maximum Gasteiger partial charge on any atom is 0.338 e. The number of piperidine rings is 1. The van der Waals surface area contributed by atoms with Gasteiger partial charge in [-0.2, -0.15) is 0 Å². The molecule has 2 fully saturated rings. The average Bonchev–Trinajstić information content (AvgIpc) is 3.39. The van der Waals surface area contributed by atoms with Gasteiger partial charge in [0.05, 0.1) is 19.0 Å². The van der Waals surface area contributed by atoms with Crippen LogP contribution in [0.5, 0.6) is 5.75 Å². The van der Waals surface area contributed by atoms with E-state index >= 15 is 0 Å². The predicted molar refractivity (Wildman–Crippen MR) is 130 cm³/mol. The molecule has 2 atom stereocenters. The van der Waals surface area contributed by atoms with Crippen molar-refractivity contribution in [3.05, 3.63) is 57.0 Å². The van der Waals surface area contributed by atoms with E-state index in [9.17, 15) is 14.4 Å². The van der Waals surface area contributed by atoms with E-state index in [2.05, 4.69) is 9.88 Å². The summed E-state index contributed by atoms with van der Waals surface area (Å²) < 4.78 is 15.4. The molecule has 3 aromatic rings. The number of aryl methyl sites for hydroxylation is 2. The summed E-state index contributed by atoms with van der Waals surface area (Å²) in [7, 11) is 4.72. The van der Waals surface area contributed by atoms with Crippen molar-refractivity contribution in [1.29, 1.82) is 0 Å². The number of benzene rings is 1. The third-order valence-electron chi connectivity index (χ3n) is 7.47. The number of ether oxygens (including phenoxy) is 2. The molecular weight excluding hydrogens is 450 g/mol. The van der Waals surface area contributed by atoms with Crippen LogP contribution < -0.4 is 16.0 Å². The standard InChI is InChI=1S/C25H31N5O5/c1-27-22-21(23(31)28(2)25(27)33)29(15-26-22)11-4-12-30-17-7-8-18(30)14-20(13-17)35-24(32)16-5-9-19(34-3)10-6-16/h5-6,9-10,15,17-18,20H,4,7-8,11-14H2,1-3H3. The molecule has 0 spiro atoms. The number of rotatable bonds is 7. The summed E-state index contributed by atoms with van der Waals surface area (Å²) in [5.74, 6) is 0.425. The number of esters is 1. The maximum atomic E-state index is 12.7. The minimum atomic E-state index is -0.375. The molecule has 186 valence electrons. The number of nitrogens with zero attached hydrogens (tertiary/aromatic N) is 5. The van der Waals surface area contributed by atoms with Gasteiger partial charge in [0.1, 0.15) is 11.9 Å². The molecule has 10 nitrogen and oxygen atoms in total. The highest BCUT2D eigenvalue weighted by molar-refractivity contribution is 5.89. The van der Waals surface area contributed by atoms with Gasteiger partial charge in [-0.15, -0.1) is 0 Å². The van der Waals surface area contributed by atoms with Crippen LogP contribution >= 0.6 is 0 Å². The van der Waals surface area contributed by atoms with Crippen molar-refractivity contribution >= 4 is 17.1 Å². The molecule has 0 aliphatic carbocycles. The first-order valence-electron chi connectivity index (χ1n) is 12.1. The van der Waals surface area contributed by atoms with Gasteiger partial charge in [-0.05, 0) is 43.5 Å². The lowest BCUT2D eigenvalue weighted by atomic mass is 9.99. The molecule has 2 unspecified atom stereocenters. The lowest BCUT2D eigenvalue weighted by Crippen LogP contribution is -2.46. The van der Waals surface area contributed by atoms with Crippen LogP contribution in [0.25, 0.3) is 11.2 Å². The van der Waals surface area contributed by atoms with Crippen LogP contribution in [0.3, 0.4) is 0 Å². The van der Waals surface area contributed by atoms with E-state index in [1.54, 1.807) is 44.8 Å². The highest BCUT2D eigenvalue weighted by atomic mass is 16.5. The number of carbonyl (C=O) groups excluding carboxylic acids is 1. The van der Waals surface area contributed by atoms with Gasteiger partial charge in [0.2, 0.25) is 0 Å². The molecule has 2 saturated heterocycles. The zero-order valence-corrected chi connectivity index (χ0v) is 20.3. The monoisotopic (exact) mass is 481 g/mol. The van der Waals surface area contributed by atoms with Gasteiger partial charge in [-0.1, -0.05) is 0 Å². The molecule has 10 heteroatoms. The Balaban J connectivity index is 1.19. The Morgan fingerprint density at radius 3 is 2.37 bits per heavy atom. The second kappa shape index (κ2) is 9.33. The fourth-order valence-corrected chi connectivity index (χ4v) is 5.62. The topological polar surface area (TPSA) is 101 Å². The Kier molecular flexibility index (Phi) is 6.22. The summed E-state index contributed by atoms with van der Waals surface area (Å²) in [5.41, 5.74) is 0.719. The van der Waals surface area contributed by atoms with Gasteiger partial charge in [0, 0.05) is 52.1 Å². The van der Waals surface area contributed by atoms with Crippen LogP contribution in [0.4, 0.5) is 0 Å². The number of carbonyl (C=O) groups is 1. The quantitative estimate of drug-likeness (QED) is 0.474. The van der Waals surface area contributed by atoms with Gasteiger partial charge >= 0.3 is 11.7 Å². The van der Waals surface area contributed by atoms with E-state index in [-0.39, 0.29) is 23.3 Å². The first kappa shape index (κ1) is 23.3. The predicted octanol–water partition coefficient (Wildman–Crippen LogP) is 1.68. The van der Waals surface area contributed by atoms with Crippen molar-refractivity contribution in [3.63, 3.8) is 0 Å². The highest BCUT2D eigenvalue weighted by Crippen LogP contribution is 2.37. The van der Waals surface area contributed by atoms with Gasteiger partial charge in [-0.3, -0.25) is 18.8 Å². The third kappa shape index (κ3) is 4.27. The first-order valence-corrected chi connectivity index (χ1v) is 12.1. The molecule has 0 saturated carbocycles. The smallest absolute Gasteiger partial charge is 0.338 e. The van der Waals surface area contributed by atoms with E-state index in [0.29, 0.717) is 41.1 Å². The fourth-order valence-electron chi connectivity index (χ4n) is 5.62. The summed E-state index contributed by atoms with van der Waals surface area (Å²) >= 11 is 0. The molecule has 0 N–H and O–H groups in total.